The molecule has 17 rings (SSSR count). The Morgan fingerprint density at radius 1 is 0.351 bits per heavy atom. The fourth-order valence-corrected chi connectivity index (χ4v) is 13.1. The Kier molecular flexibility index (Phi) is 8.08. The molecule has 0 saturated carbocycles. The van der Waals surface area contributed by atoms with Crippen LogP contribution in [0.25, 0.3) is 60.6 Å². The molecule has 0 saturated heterocycles. The van der Waals surface area contributed by atoms with Crippen molar-refractivity contribution in [3.8, 4) is 39.8 Å². The van der Waals surface area contributed by atoms with Gasteiger partial charge >= 0.3 is 0 Å². The van der Waals surface area contributed by atoms with Crippen LogP contribution in [0.15, 0.2) is 241 Å². The number of fused-ring (bicyclic) bond motifs is 16. The van der Waals surface area contributed by atoms with E-state index in [2.05, 4.69) is 251 Å². The predicted molar refractivity (Wildman–Crippen MR) is 305 cm³/mol. The standard InChI is InChI=1S/C66H39B2N3O3/c1-4-19-41(20-5-1)69-51-31-14-10-25-45(51)60-54(69)38-55-62-65(60)73-58-36-35-40(37-50(58)68(62)48-29-12-16-33-53(48)70(55)42-21-6-2-7-22-42)44-26-18-27-46-61-59(74-64(44)46)39-56-63-66(61)72-57-34-17-13-30-49(57)67(63)47-28-11-15-32-52(47)71(56)43-23-8-3-9-24-43/h1-39H. The lowest BCUT2D eigenvalue weighted by molar-refractivity contribution is 0.493. The molecule has 0 atom stereocenters. The van der Waals surface area contributed by atoms with Crippen LogP contribution >= 0.6 is 0 Å². The molecule has 6 heterocycles. The number of ether oxygens (including phenoxy) is 2. The number of hydrogen-bond donors (Lipinski definition) is 0. The molecule has 0 unspecified atom stereocenters. The molecule has 0 spiro atoms. The second kappa shape index (κ2) is 14.9. The van der Waals surface area contributed by atoms with Crippen LogP contribution < -0.4 is 52.1 Å². The lowest BCUT2D eigenvalue weighted by Crippen LogP contribution is -2.59. The number of benzene rings is 11. The molecular formula is C66H39B2N3O3. The number of furan rings is 1. The number of nitrogens with zero attached hydrogens (tertiary/aromatic N) is 3. The molecule has 0 N–H and O–H groups in total. The van der Waals surface area contributed by atoms with E-state index in [1.54, 1.807) is 0 Å². The summed E-state index contributed by atoms with van der Waals surface area (Å²) in [5, 5.41) is 4.25. The third-order valence-corrected chi connectivity index (χ3v) is 16.1. The average molecular weight is 944 g/mol. The number of aromatic nitrogens is 1. The Morgan fingerprint density at radius 3 is 1.59 bits per heavy atom. The first-order valence-corrected chi connectivity index (χ1v) is 25.4. The maximum Gasteiger partial charge on any atom is 0.256 e. The maximum atomic E-state index is 7.44. The molecule has 4 aliphatic rings. The van der Waals surface area contributed by atoms with E-state index in [4.69, 9.17) is 13.9 Å². The van der Waals surface area contributed by atoms with E-state index >= 15 is 0 Å². The van der Waals surface area contributed by atoms with Crippen molar-refractivity contribution in [1.29, 1.82) is 0 Å². The quantitative estimate of drug-likeness (QED) is 0.165. The van der Waals surface area contributed by atoms with E-state index in [1.165, 1.54) is 10.9 Å². The molecule has 11 aromatic carbocycles. The summed E-state index contributed by atoms with van der Waals surface area (Å²) in [5.74, 6) is 3.45. The van der Waals surface area contributed by atoms with Gasteiger partial charge in [0.1, 0.15) is 34.2 Å². The molecule has 2 aromatic heterocycles. The minimum Gasteiger partial charge on any atom is -0.458 e. The lowest BCUT2D eigenvalue weighted by Gasteiger charge is -2.40. The van der Waals surface area contributed by atoms with E-state index in [-0.39, 0.29) is 13.4 Å². The predicted octanol–water partition coefficient (Wildman–Crippen LogP) is 13.2. The summed E-state index contributed by atoms with van der Waals surface area (Å²) in [5.41, 5.74) is 20.6. The summed E-state index contributed by atoms with van der Waals surface area (Å²) >= 11 is 0. The van der Waals surface area contributed by atoms with Crippen LogP contribution in [0.5, 0.6) is 23.0 Å². The molecule has 6 nitrogen and oxygen atoms in total. The Morgan fingerprint density at radius 2 is 0.892 bits per heavy atom. The van der Waals surface area contributed by atoms with Crippen LogP contribution in [0.4, 0.5) is 34.1 Å². The van der Waals surface area contributed by atoms with Gasteiger partial charge in [-0.1, -0.05) is 158 Å². The highest BCUT2D eigenvalue weighted by atomic mass is 16.5. The maximum absolute atomic E-state index is 7.44. The fraction of sp³-hybridized carbons (Fsp3) is 0. The molecular weight excluding hydrogens is 904 g/mol. The fourth-order valence-electron chi connectivity index (χ4n) is 13.1. The molecule has 74 heavy (non-hydrogen) atoms. The second-order valence-electron chi connectivity index (χ2n) is 19.8. The second-order valence-corrected chi connectivity index (χ2v) is 19.8. The molecule has 342 valence electrons. The molecule has 0 aliphatic carbocycles. The molecule has 13 aromatic rings. The van der Waals surface area contributed by atoms with Gasteiger partial charge in [0.05, 0.1) is 21.8 Å². The third kappa shape index (κ3) is 5.35. The number of para-hydroxylation sites is 8. The summed E-state index contributed by atoms with van der Waals surface area (Å²) in [4.78, 5) is 4.80. The van der Waals surface area contributed by atoms with E-state index in [1.807, 2.05) is 0 Å². The Hall–Kier alpha value is -9.65. The van der Waals surface area contributed by atoms with Crippen LogP contribution in [-0.2, 0) is 0 Å². The first-order valence-electron chi connectivity index (χ1n) is 25.4. The zero-order chi connectivity index (χ0) is 48.2. The molecule has 0 bridgehead atoms. The van der Waals surface area contributed by atoms with Crippen LogP contribution in [0.1, 0.15) is 0 Å². The molecule has 8 heteroatoms. The summed E-state index contributed by atoms with van der Waals surface area (Å²) in [7, 11) is 0. The minimum atomic E-state index is -0.134. The normalized spacial score (nSPS) is 13.5. The van der Waals surface area contributed by atoms with Crippen molar-refractivity contribution in [1.82, 2.24) is 4.57 Å². The van der Waals surface area contributed by atoms with Gasteiger partial charge in [-0.2, -0.15) is 0 Å². The van der Waals surface area contributed by atoms with Crippen LogP contribution in [0, 0.1) is 0 Å². The highest BCUT2D eigenvalue weighted by molar-refractivity contribution is 7.00. The van der Waals surface area contributed by atoms with Crippen LogP contribution in [0.3, 0.4) is 0 Å². The van der Waals surface area contributed by atoms with Gasteiger partial charge in [0, 0.05) is 62.2 Å². The smallest absolute Gasteiger partial charge is 0.256 e. The minimum absolute atomic E-state index is 0.0284. The first kappa shape index (κ1) is 40.0. The van der Waals surface area contributed by atoms with Gasteiger partial charge in [-0.25, -0.2) is 0 Å². The van der Waals surface area contributed by atoms with Gasteiger partial charge in [0.2, 0.25) is 0 Å². The van der Waals surface area contributed by atoms with Crippen LogP contribution in [0.2, 0.25) is 0 Å². The van der Waals surface area contributed by atoms with Crippen LogP contribution in [-0.4, -0.2) is 18.0 Å². The van der Waals surface area contributed by atoms with Crippen molar-refractivity contribution in [3.05, 3.63) is 237 Å². The monoisotopic (exact) mass is 943 g/mol. The van der Waals surface area contributed by atoms with Gasteiger partial charge in [-0.3, -0.25) is 0 Å². The Bertz CT molecular complexity index is 4530. The first-order chi connectivity index (χ1) is 36.7. The largest absolute Gasteiger partial charge is 0.458 e. The van der Waals surface area contributed by atoms with Crippen molar-refractivity contribution in [2.75, 3.05) is 9.80 Å². The van der Waals surface area contributed by atoms with Gasteiger partial charge < -0.3 is 28.3 Å². The highest BCUT2D eigenvalue weighted by Gasteiger charge is 2.45. The Balaban J connectivity index is 0.901. The zero-order valence-corrected chi connectivity index (χ0v) is 39.7. The van der Waals surface area contributed by atoms with Gasteiger partial charge in [-0.05, 0) is 111 Å². The zero-order valence-electron chi connectivity index (χ0n) is 39.7. The average Bonchev–Trinajstić information content (AvgIpc) is 4.09. The topological polar surface area (TPSA) is 43.0 Å². The number of anilines is 6. The van der Waals surface area contributed by atoms with E-state index in [9.17, 15) is 0 Å². The van der Waals surface area contributed by atoms with E-state index < -0.39 is 0 Å². The summed E-state index contributed by atoms with van der Waals surface area (Å²) in [6, 6.07) is 84.9. The molecule has 0 radical (unpaired) electrons. The summed E-state index contributed by atoms with van der Waals surface area (Å²) in [6.07, 6.45) is 0. The van der Waals surface area contributed by atoms with Crippen molar-refractivity contribution in [3.63, 3.8) is 0 Å². The highest BCUT2D eigenvalue weighted by Crippen LogP contribution is 2.50. The summed E-state index contributed by atoms with van der Waals surface area (Å²) < 4.78 is 24.2. The van der Waals surface area contributed by atoms with Crippen molar-refractivity contribution < 1.29 is 13.9 Å². The molecule has 0 fully saturated rings. The van der Waals surface area contributed by atoms with Crippen molar-refractivity contribution in [2.24, 2.45) is 0 Å². The summed E-state index contributed by atoms with van der Waals surface area (Å²) in [6.45, 7) is -0.162. The van der Waals surface area contributed by atoms with E-state index in [0.717, 1.165) is 140 Å². The number of rotatable bonds is 4. The van der Waals surface area contributed by atoms with E-state index in [0.29, 0.717) is 0 Å². The van der Waals surface area contributed by atoms with Gasteiger partial charge in [0.15, 0.2) is 0 Å². The van der Waals surface area contributed by atoms with Crippen molar-refractivity contribution >= 4 is 124 Å². The molecule has 4 aliphatic heterocycles. The lowest BCUT2D eigenvalue weighted by atomic mass is 9.34. The third-order valence-electron chi connectivity index (χ3n) is 16.1. The molecule has 0 amide bonds. The van der Waals surface area contributed by atoms with Crippen molar-refractivity contribution in [2.45, 2.75) is 0 Å². The number of hydrogen-bond acceptors (Lipinski definition) is 5. The van der Waals surface area contributed by atoms with Gasteiger partial charge in [0.25, 0.3) is 13.4 Å². The Labute approximate surface area is 426 Å². The SMILES string of the molecule is c1ccc(N2c3ccccc3B3c4ccccc4Oc4c3c2cc2oc3c(-c5ccc6c(c5)B5c7ccccc7N(c7ccccc7)c7cc8c(c(c75)O6)c5ccccc5n8-c5ccccc5)cccc3c42)cc1. The van der Waals surface area contributed by atoms with Gasteiger partial charge in [-0.15, -0.1) is 0 Å².